The summed E-state index contributed by atoms with van der Waals surface area (Å²) in [4.78, 5) is 13.6. The average Bonchev–Trinajstić information content (AvgIpc) is 3.40. The molecule has 3 aromatic rings. The van der Waals surface area contributed by atoms with E-state index in [4.69, 9.17) is 4.98 Å². The molecule has 0 amide bonds. The molecule has 1 N–H and O–H groups in total. The number of anilines is 1. The minimum absolute atomic E-state index is 0.444. The van der Waals surface area contributed by atoms with E-state index in [2.05, 4.69) is 28.3 Å². The van der Waals surface area contributed by atoms with Crippen LogP contribution in [0.25, 0.3) is 22.3 Å². The molecule has 0 unspecified atom stereocenters. The van der Waals surface area contributed by atoms with Crippen LogP contribution < -0.4 is 5.32 Å². The first-order valence-corrected chi connectivity index (χ1v) is 7.75. The molecule has 1 aliphatic rings. The molecule has 1 atom stereocenters. The highest BCUT2D eigenvalue weighted by atomic mass is 15.1. The molecule has 0 spiro atoms. The zero-order valence-corrected chi connectivity index (χ0v) is 12.5. The van der Waals surface area contributed by atoms with Gasteiger partial charge in [-0.15, -0.1) is 0 Å². The first-order chi connectivity index (χ1) is 10.8. The highest BCUT2D eigenvalue weighted by Crippen LogP contribution is 2.35. The molecule has 0 aliphatic heterocycles. The maximum absolute atomic E-state index is 4.76. The van der Waals surface area contributed by atoms with Crippen LogP contribution in [0, 0.1) is 5.92 Å². The second kappa shape index (κ2) is 5.37. The lowest BCUT2D eigenvalue weighted by molar-refractivity contribution is 0.691. The van der Waals surface area contributed by atoms with Crippen molar-refractivity contribution in [3.63, 3.8) is 0 Å². The number of hydrogen-bond acceptors (Lipinski definition) is 4. The minimum Gasteiger partial charge on any atom is -0.367 e. The molecule has 4 nitrogen and oxygen atoms in total. The summed E-state index contributed by atoms with van der Waals surface area (Å²) < 4.78 is 0. The number of pyridine rings is 1. The summed E-state index contributed by atoms with van der Waals surface area (Å²) in [6.07, 6.45) is 6.19. The summed E-state index contributed by atoms with van der Waals surface area (Å²) >= 11 is 0. The van der Waals surface area contributed by atoms with Gasteiger partial charge in [-0.1, -0.05) is 12.1 Å². The zero-order chi connectivity index (χ0) is 14.9. The average molecular weight is 290 g/mol. The number of nitrogens with one attached hydrogen (secondary N) is 1. The van der Waals surface area contributed by atoms with Crippen LogP contribution in [0.5, 0.6) is 0 Å². The zero-order valence-electron chi connectivity index (χ0n) is 12.5. The number of benzene rings is 1. The smallest absolute Gasteiger partial charge is 0.163 e. The van der Waals surface area contributed by atoms with Crippen molar-refractivity contribution in [3.05, 3.63) is 48.8 Å². The number of aromatic nitrogens is 3. The van der Waals surface area contributed by atoms with Crippen molar-refractivity contribution in [2.24, 2.45) is 5.92 Å². The van der Waals surface area contributed by atoms with Crippen molar-refractivity contribution in [1.82, 2.24) is 15.0 Å². The standard InChI is InChI=1S/C18H18N4/c1-12(13-8-9-13)20-18-15-6-2-3-7-16(15)21-17(22-18)14-5-4-10-19-11-14/h2-7,10-13H,8-9H2,1H3,(H,20,21,22)/t12-/m0/s1. The van der Waals surface area contributed by atoms with Crippen molar-refractivity contribution in [3.8, 4) is 11.4 Å². The lowest BCUT2D eigenvalue weighted by atomic mass is 10.1. The Kier molecular flexibility index (Phi) is 3.22. The van der Waals surface area contributed by atoms with Gasteiger partial charge in [0.2, 0.25) is 0 Å². The molecule has 1 saturated carbocycles. The normalized spacial score (nSPS) is 15.7. The molecule has 22 heavy (non-hydrogen) atoms. The first-order valence-electron chi connectivity index (χ1n) is 7.75. The third kappa shape index (κ3) is 2.52. The van der Waals surface area contributed by atoms with Gasteiger partial charge in [-0.2, -0.15) is 0 Å². The second-order valence-corrected chi connectivity index (χ2v) is 5.93. The van der Waals surface area contributed by atoms with Crippen LogP contribution >= 0.6 is 0 Å². The Labute approximate surface area is 129 Å². The van der Waals surface area contributed by atoms with Crippen LogP contribution in [0.15, 0.2) is 48.8 Å². The van der Waals surface area contributed by atoms with Crippen LogP contribution in [0.2, 0.25) is 0 Å². The van der Waals surface area contributed by atoms with E-state index in [0.717, 1.165) is 34.0 Å². The Morgan fingerprint density at radius 2 is 1.95 bits per heavy atom. The third-order valence-corrected chi connectivity index (χ3v) is 4.22. The number of nitrogens with zero attached hydrogens (tertiary/aromatic N) is 3. The maximum atomic E-state index is 4.76. The summed E-state index contributed by atoms with van der Waals surface area (Å²) in [5.74, 6) is 2.41. The molecule has 2 heterocycles. The maximum Gasteiger partial charge on any atom is 0.163 e. The summed E-state index contributed by atoms with van der Waals surface area (Å²) in [6.45, 7) is 2.23. The lowest BCUT2D eigenvalue weighted by Gasteiger charge is -2.16. The fourth-order valence-electron chi connectivity index (χ4n) is 2.74. The van der Waals surface area contributed by atoms with Crippen LogP contribution in [0.4, 0.5) is 5.82 Å². The SMILES string of the molecule is C[C@H](Nc1nc(-c2cccnc2)nc2ccccc12)C1CC1. The van der Waals surface area contributed by atoms with Gasteiger partial charge in [0.1, 0.15) is 5.82 Å². The third-order valence-electron chi connectivity index (χ3n) is 4.22. The van der Waals surface area contributed by atoms with Crippen molar-refractivity contribution >= 4 is 16.7 Å². The van der Waals surface area contributed by atoms with E-state index in [1.54, 1.807) is 12.4 Å². The van der Waals surface area contributed by atoms with Gasteiger partial charge in [-0.3, -0.25) is 4.98 Å². The molecule has 0 radical (unpaired) electrons. The monoisotopic (exact) mass is 290 g/mol. The van der Waals surface area contributed by atoms with Gasteiger partial charge < -0.3 is 5.32 Å². The summed E-state index contributed by atoms with van der Waals surface area (Å²) in [5.41, 5.74) is 1.90. The van der Waals surface area contributed by atoms with Crippen LogP contribution in [0.1, 0.15) is 19.8 Å². The molecule has 1 aromatic carbocycles. The molecular formula is C18H18N4. The Balaban J connectivity index is 1.82. The lowest BCUT2D eigenvalue weighted by Crippen LogP contribution is -2.18. The molecule has 1 aliphatic carbocycles. The highest BCUT2D eigenvalue weighted by Gasteiger charge is 2.28. The Morgan fingerprint density at radius 3 is 2.73 bits per heavy atom. The number of rotatable bonds is 4. The van der Waals surface area contributed by atoms with Crippen molar-refractivity contribution in [1.29, 1.82) is 0 Å². The molecular weight excluding hydrogens is 272 g/mol. The van der Waals surface area contributed by atoms with E-state index < -0.39 is 0 Å². The Bertz CT molecular complexity index is 797. The van der Waals surface area contributed by atoms with Crippen LogP contribution in [0.3, 0.4) is 0 Å². The van der Waals surface area contributed by atoms with Crippen molar-refractivity contribution in [2.45, 2.75) is 25.8 Å². The van der Waals surface area contributed by atoms with Crippen molar-refractivity contribution in [2.75, 3.05) is 5.32 Å². The number of hydrogen-bond donors (Lipinski definition) is 1. The second-order valence-electron chi connectivity index (χ2n) is 5.93. The number of fused-ring (bicyclic) bond motifs is 1. The molecule has 0 saturated heterocycles. The van der Waals surface area contributed by atoms with E-state index in [1.165, 1.54) is 12.8 Å². The van der Waals surface area contributed by atoms with Gasteiger partial charge in [0, 0.05) is 29.4 Å². The van der Waals surface area contributed by atoms with Gasteiger partial charge >= 0.3 is 0 Å². The molecule has 110 valence electrons. The molecule has 4 heteroatoms. The van der Waals surface area contributed by atoms with E-state index >= 15 is 0 Å². The predicted molar refractivity (Wildman–Crippen MR) is 88.6 cm³/mol. The topological polar surface area (TPSA) is 50.7 Å². The fraction of sp³-hybridized carbons (Fsp3) is 0.278. The quantitative estimate of drug-likeness (QED) is 0.791. The van der Waals surface area contributed by atoms with E-state index in [0.29, 0.717) is 6.04 Å². The van der Waals surface area contributed by atoms with E-state index in [-0.39, 0.29) is 0 Å². The Hall–Kier alpha value is -2.49. The first kappa shape index (κ1) is 13.2. The molecule has 0 bridgehead atoms. The van der Waals surface area contributed by atoms with E-state index in [9.17, 15) is 0 Å². The van der Waals surface area contributed by atoms with E-state index in [1.807, 2.05) is 30.3 Å². The van der Waals surface area contributed by atoms with Gasteiger partial charge in [-0.25, -0.2) is 9.97 Å². The summed E-state index contributed by atoms with van der Waals surface area (Å²) in [6, 6.07) is 12.5. The van der Waals surface area contributed by atoms with Crippen LogP contribution in [-0.4, -0.2) is 21.0 Å². The van der Waals surface area contributed by atoms with Gasteiger partial charge in [-0.05, 0) is 49.9 Å². The molecule has 1 fully saturated rings. The minimum atomic E-state index is 0.444. The largest absolute Gasteiger partial charge is 0.367 e. The fourth-order valence-corrected chi connectivity index (χ4v) is 2.74. The van der Waals surface area contributed by atoms with Gasteiger partial charge in [0.25, 0.3) is 0 Å². The predicted octanol–water partition coefficient (Wildman–Crippen LogP) is 3.90. The molecule has 2 aromatic heterocycles. The molecule has 4 rings (SSSR count). The van der Waals surface area contributed by atoms with Gasteiger partial charge in [0.15, 0.2) is 5.82 Å². The highest BCUT2D eigenvalue weighted by molar-refractivity contribution is 5.90. The van der Waals surface area contributed by atoms with Crippen LogP contribution in [-0.2, 0) is 0 Å². The summed E-state index contributed by atoms with van der Waals surface area (Å²) in [7, 11) is 0. The number of para-hydroxylation sites is 1. The summed E-state index contributed by atoms with van der Waals surface area (Å²) in [5, 5.41) is 4.66. The van der Waals surface area contributed by atoms with Gasteiger partial charge in [0.05, 0.1) is 5.52 Å². The van der Waals surface area contributed by atoms with Crippen molar-refractivity contribution < 1.29 is 0 Å². The Morgan fingerprint density at radius 1 is 1.09 bits per heavy atom.